The van der Waals surface area contributed by atoms with E-state index in [-0.39, 0.29) is 12.5 Å². The van der Waals surface area contributed by atoms with Gasteiger partial charge in [0.15, 0.2) is 0 Å². The molecule has 0 spiro atoms. The Labute approximate surface area is 172 Å². The largest absolute Gasteiger partial charge is 0.394 e. The number of anilines is 2. The molecule has 0 saturated heterocycles. The molecule has 1 amide bonds. The molecule has 9 nitrogen and oxygen atoms in total. The minimum absolute atomic E-state index is 0.00778. The van der Waals surface area contributed by atoms with Crippen LogP contribution in [0.2, 0.25) is 5.02 Å². The molecule has 0 radical (unpaired) electrons. The highest BCUT2D eigenvalue weighted by Crippen LogP contribution is 2.27. The van der Waals surface area contributed by atoms with Gasteiger partial charge in [-0.1, -0.05) is 23.7 Å². The highest BCUT2D eigenvalue weighted by atomic mass is 35.5. The van der Waals surface area contributed by atoms with Gasteiger partial charge in [-0.3, -0.25) is 9.48 Å². The fraction of sp³-hybridized carbons (Fsp3) is 0.211. The normalized spacial score (nSPS) is 11.5. The van der Waals surface area contributed by atoms with Crippen LogP contribution in [0.5, 0.6) is 0 Å². The van der Waals surface area contributed by atoms with Crippen LogP contribution in [0.15, 0.2) is 42.9 Å². The molecule has 148 valence electrons. The molecule has 3 aromatic rings. The van der Waals surface area contributed by atoms with Crippen molar-refractivity contribution in [3.8, 4) is 17.3 Å². The maximum absolute atomic E-state index is 12.1. The zero-order valence-corrected chi connectivity index (χ0v) is 16.3. The number of carbonyl (C=O) groups is 1. The van der Waals surface area contributed by atoms with E-state index in [0.29, 0.717) is 40.0 Å². The van der Waals surface area contributed by atoms with E-state index in [4.69, 9.17) is 22.0 Å². The molecular weight excluding hydrogens is 394 g/mol. The van der Waals surface area contributed by atoms with Gasteiger partial charge >= 0.3 is 0 Å². The SMILES string of the molecule is CC(C#N)NC(=O)c1ccc(-c2nc(Nc3cnn(CCO)c3)ncc2Cl)cc1. The first kappa shape index (κ1) is 20.3. The summed E-state index contributed by atoms with van der Waals surface area (Å²) in [5, 5.41) is 27.8. The summed E-state index contributed by atoms with van der Waals surface area (Å²) in [5.41, 5.74) is 2.31. The molecule has 2 aromatic heterocycles. The smallest absolute Gasteiger partial charge is 0.252 e. The molecule has 0 aliphatic carbocycles. The van der Waals surface area contributed by atoms with E-state index < -0.39 is 6.04 Å². The molecule has 10 heteroatoms. The summed E-state index contributed by atoms with van der Waals surface area (Å²) in [6.07, 6.45) is 4.81. The number of amides is 1. The lowest BCUT2D eigenvalue weighted by Crippen LogP contribution is -2.31. The summed E-state index contributed by atoms with van der Waals surface area (Å²) in [7, 11) is 0. The Hall–Kier alpha value is -3.48. The number of halogens is 1. The number of nitrogens with one attached hydrogen (secondary N) is 2. The molecule has 0 saturated carbocycles. The van der Waals surface area contributed by atoms with Crippen molar-refractivity contribution < 1.29 is 9.90 Å². The first-order valence-electron chi connectivity index (χ1n) is 8.74. The quantitative estimate of drug-likeness (QED) is 0.544. The van der Waals surface area contributed by atoms with Crippen molar-refractivity contribution in [2.75, 3.05) is 11.9 Å². The summed E-state index contributed by atoms with van der Waals surface area (Å²) >= 11 is 6.26. The van der Waals surface area contributed by atoms with Crippen LogP contribution in [-0.4, -0.2) is 43.4 Å². The number of rotatable bonds is 7. The van der Waals surface area contributed by atoms with Gasteiger partial charge in [-0.2, -0.15) is 10.4 Å². The second kappa shape index (κ2) is 9.14. The third kappa shape index (κ3) is 5.07. The van der Waals surface area contributed by atoms with Gasteiger partial charge in [0.25, 0.3) is 5.91 Å². The Morgan fingerprint density at radius 3 is 2.79 bits per heavy atom. The molecule has 0 aliphatic rings. The van der Waals surface area contributed by atoms with E-state index in [1.807, 2.05) is 6.07 Å². The zero-order chi connectivity index (χ0) is 20.8. The molecule has 1 aromatic carbocycles. The van der Waals surface area contributed by atoms with Crippen LogP contribution in [0.4, 0.5) is 11.6 Å². The van der Waals surface area contributed by atoms with Crippen molar-refractivity contribution in [3.63, 3.8) is 0 Å². The van der Waals surface area contributed by atoms with Crippen molar-refractivity contribution in [2.24, 2.45) is 0 Å². The fourth-order valence-electron chi connectivity index (χ4n) is 2.50. The third-order valence-electron chi connectivity index (χ3n) is 3.92. The molecular formula is C19H18ClN7O2. The van der Waals surface area contributed by atoms with Crippen LogP contribution < -0.4 is 10.6 Å². The van der Waals surface area contributed by atoms with Crippen LogP contribution in [0.1, 0.15) is 17.3 Å². The van der Waals surface area contributed by atoms with Gasteiger partial charge in [0, 0.05) is 17.3 Å². The van der Waals surface area contributed by atoms with Crippen molar-refractivity contribution >= 4 is 29.1 Å². The van der Waals surface area contributed by atoms with E-state index in [1.165, 1.54) is 6.20 Å². The molecule has 0 fully saturated rings. The maximum Gasteiger partial charge on any atom is 0.252 e. The summed E-state index contributed by atoms with van der Waals surface area (Å²) in [6.45, 7) is 1.99. The lowest BCUT2D eigenvalue weighted by molar-refractivity contribution is 0.0948. The molecule has 1 unspecified atom stereocenters. The summed E-state index contributed by atoms with van der Waals surface area (Å²) < 4.78 is 1.59. The van der Waals surface area contributed by atoms with E-state index >= 15 is 0 Å². The number of hydrogen-bond donors (Lipinski definition) is 3. The van der Waals surface area contributed by atoms with Crippen molar-refractivity contribution in [3.05, 3.63) is 53.4 Å². The average molecular weight is 412 g/mol. The number of aliphatic hydroxyl groups is 1. The van der Waals surface area contributed by atoms with Crippen LogP contribution in [-0.2, 0) is 6.54 Å². The Morgan fingerprint density at radius 1 is 1.34 bits per heavy atom. The standard InChI is InChI=1S/C19H18ClN7O2/c1-12(8-21)24-18(29)14-4-2-13(3-5-14)17-16(20)10-22-19(26-17)25-15-9-23-27(11-15)6-7-28/h2-5,9-12,28H,6-7H2,1H3,(H,24,29)(H,22,25,26). The number of nitriles is 1. The number of benzene rings is 1. The summed E-state index contributed by atoms with van der Waals surface area (Å²) in [4.78, 5) is 20.7. The molecule has 0 aliphatic heterocycles. The Balaban J connectivity index is 1.78. The number of nitrogens with zero attached hydrogens (tertiary/aromatic N) is 5. The molecule has 1 atom stereocenters. The fourth-order valence-corrected chi connectivity index (χ4v) is 2.70. The number of carbonyl (C=O) groups excluding carboxylic acids is 1. The van der Waals surface area contributed by atoms with Crippen LogP contribution >= 0.6 is 11.6 Å². The zero-order valence-electron chi connectivity index (χ0n) is 15.5. The van der Waals surface area contributed by atoms with Crippen molar-refractivity contribution in [2.45, 2.75) is 19.5 Å². The first-order valence-corrected chi connectivity index (χ1v) is 9.11. The topological polar surface area (TPSA) is 129 Å². The minimum atomic E-state index is -0.575. The molecule has 3 N–H and O–H groups in total. The Morgan fingerprint density at radius 2 is 2.10 bits per heavy atom. The van der Waals surface area contributed by atoms with E-state index in [9.17, 15) is 4.79 Å². The van der Waals surface area contributed by atoms with Gasteiger partial charge in [0.2, 0.25) is 5.95 Å². The van der Waals surface area contributed by atoms with E-state index in [2.05, 4.69) is 25.7 Å². The van der Waals surface area contributed by atoms with Crippen molar-refractivity contribution in [1.29, 1.82) is 5.26 Å². The first-order chi connectivity index (χ1) is 14.0. The Bertz CT molecular complexity index is 1040. The van der Waals surface area contributed by atoms with Gasteiger partial charge in [0.1, 0.15) is 6.04 Å². The van der Waals surface area contributed by atoms with E-state index in [1.54, 1.807) is 48.3 Å². The minimum Gasteiger partial charge on any atom is -0.394 e. The lowest BCUT2D eigenvalue weighted by Gasteiger charge is -2.09. The van der Waals surface area contributed by atoms with Gasteiger partial charge < -0.3 is 15.7 Å². The third-order valence-corrected chi connectivity index (χ3v) is 4.20. The number of hydrogen-bond acceptors (Lipinski definition) is 7. The van der Waals surface area contributed by atoms with Crippen LogP contribution in [0.25, 0.3) is 11.3 Å². The van der Waals surface area contributed by atoms with Crippen LogP contribution in [0.3, 0.4) is 0 Å². The van der Waals surface area contributed by atoms with Crippen molar-refractivity contribution in [1.82, 2.24) is 25.1 Å². The van der Waals surface area contributed by atoms with Gasteiger partial charge in [-0.25, -0.2) is 9.97 Å². The molecule has 0 bridgehead atoms. The maximum atomic E-state index is 12.1. The molecule has 29 heavy (non-hydrogen) atoms. The second-order valence-corrected chi connectivity index (χ2v) is 6.54. The number of aliphatic hydroxyl groups excluding tert-OH is 1. The van der Waals surface area contributed by atoms with E-state index in [0.717, 1.165) is 0 Å². The average Bonchev–Trinajstić information content (AvgIpc) is 3.16. The molecule has 2 heterocycles. The lowest BCUT2D eigenvalue weighted by atomic mass is 10.1. The second-order valence-electron chi connectivity index (χ2n) is 6.13. The predicted octanol–water partition coefficient (Wildman–Crippen LogP) is 2.37. The van der Waals surface area contributed by atoms with Gasteiger partial charge in [0.05, 0.1) is 48.0 Å². The monoisotopic (exact) mass is 411 g/mol. The molecule has 3 rings (SSSR count). The Kier molecular flexibility index (Phi) is 6.39. The predicted molar refractivity (Wildman–Crippen MR) is 108 cm³/mol. The summed E-state index contributed by atoms with van der Waals surface area (Å²) in [5.74, 6) is -0.000700. The number of aromatic nitrogens is 4. The van der Waals surface area contributed by atoms with Crippen LogP contribution in [0, 0.1) is 11.3 Å². The van der Waals surface area contributed by atoms with Gasteiger partial charge in [-0.05, 0) is 19.1 Å². The summed E-state index contributed by atoms with van der Waals surface area (Å²) in [6, 6.07) is 8.11. The van der Waals surface area contributed by atoms with Gasteiger partial charge in [-0.15, -0.1) is 0 Å². The highest BCUT2D eigenvalue weighted by Gasteiger charge is 2.12. The highest BCUT2D eigenvalue weighted by molar-refractivity contribution is 6.32.